The van der Waals surface area contributed by atoms with Crippen molar-refractivity contribution in [1.82, 2.24) is 4.57 Å². The van der Waals surface area contributed by atoms with E-state index in [1.54, 1.807) is 7.11 Å². The number of nitrogens with zero attached hydrogens (tertiary/aromatic N) is 1. The van der Waals surface area contributed by atoms with Crippen LogP contribution in [0.15, 0.2) is 24.4 Å². The minimum absolute atomic E-state index is 0.0993. The molecule has 1 aliphatic carbocycles. The van der Waals surface area contributed by atoms with Crippen LogP contribution in [-0.2, 0) is 12.5 Å². The number of aryl methyl sites for hydroxylation is 1. The molecule has 0 unspecified atom stereocenters. The van der Waals surface area contributed by atoms with Gasteiger partial charge in [-0.1, -0.05) is 19.3 Å². The third-order valence-electron chi connectivity index (χ3n) is 4.98. The van der Waals surface area contributed by atoms with Crippen molar-refractivity contribution in [3.8, 4) is 5.75 Å². The van der Waals surface area contributed by atoms with E-state index >= 15 is 0 Å². The maximum absolute atomic E-state index is 6.19. The summed E-state index contributed by atoms with van der Waals surface area (Å²) in [6, 6.07) is 6.60. The molecule has 1 fully saturated rings. The third-order valence-corrected chi connectivity index (χ3v) is 4.98. The van der Waals surface area contributed by atoms with E-state index in [4.69, 9.17) is 10.5 Å². The second kappa shape index (κ2) is 5.13. The molecule has 0 spiro atoms. The number of aromatic nitrogens is 1. The summed E-state index contributed by atoms with van der Waals surface area (Å²) in [5, 5.41) is 1.23. The number of methoxy groups -OCH3 is 1. The highest BCUT2D eigenvalue weighted by Crippen LogP contribution is 2.44. The Bertz CT molecular complexity index is 609. The molecule has 1 aromatic heterocycles. The lowest BCUT2D eigenvalue weighted by Gasteiger charge is -2.37. The molecular formula is C17H24N2O. The summed E-state index contributed by atoms with van der Waals surface area (Å²) < 4.78 is 7.85. The van der Waals surface area contributed by atoms with Crippen LogP contribution in [0.5, 0.6) is 5.75 Å². The lowest BCUT2D eigenvalue weighted by Crippen LogP contribution is -2.37. The van der Waals surface area contributed by atoms with Crippen molar-refractivity contribution in [2.45, 2.75) is 37.5 Å². The average Bonchev–Trinajstić information content (AvgIpc) is 2.87. The van der Waals surface area contributed by atoms with E-state index < -0.39 is 0 Å². The zero-order valence-electron chi connectivity index (χ0n) is 12.5. The topological polar surface area (TPSA) is 40.2 Å². The molecule has 2 N–H and O–H groups in total. The van der Waals surface area contributed by atoms with Gasteiger partial charge < -0.3 is 15.0 Å². The molecule has 1 aromatic carbocycles. The third kappa shape index (κ3) is 2.01. The Balaban J connectivity index is 2.19. The summed E-state index contributed by atoms with van der Waals surface area (Å²) in [6.07, 6.45) is 8.32. The van der Waals surface area contributed by atoms with Gasteiger partial charge in [-0.05, 0) is 31.0 Å². The number of benzene rings is 1. The van der Waals surface area contributed by atoms with Crippen molar-refractivity contribution in [3.63, 3.8) is 0 Å². The second-order valence-electron chi connectivity index (χ2n) is 6.08. The van der Waals surface area contributed by atoms with Gasteiger partial charge in [0.25, 0.3) is 0 Å². The summed E-state index contributed by atoms with van der Waals surface area (Å²) in [5.41, 5.74) is 8.85. The first-order chi connectivity index (χ1) is 9.70. The molecule has 0 atom stereocenters. The van der Waals surface area contributed by atoms with E-state index in [0.717, 1.165) is 5.75 Å². The van der Waals surface area contributed by atoms with Gasteiger partial charge in [-0.25, -0.2) is 0 Å². The lowest BCUT2D eigenvalue weighted by molar-refractivity contribution is 0.288. The standard InChI is InChI=1S/C17H24N2O/c1-19-9-6-13-10-16(20-2)14(11-15(13)19)17(12-18)7-4-3-5-8-17/h6,9-11H,3-5,7-8,12,18H2,1-2H3. The highest BCUT2D eigenvalue weighted by atomic mass is 16.5. The molecule has 3 heteroatoms. The van der Waals surface area contributed by atoms with E-state index in [-0.39, 0.29) is 5.41 Å². The Morgan fingerprint density at radius 2 is 2.00 bits per heavy atom. The van der Waals surface area contributed by atoms with Gasteiger partial charge in [0.05, 0.1) is 7.11 Å². The van der Waals surface area contributed by atoms with Crippen LogP contribution in [-0.4, -0.2) is 18.2 Å². The van der Waals surface area contributed by atoms with Crippen molar-refractivity contribution in [1.29, 1.82) is 0 Å². The molecule has 3 rings (SSSR count). The molecule has 0 aliphatic heterocycles. The van der Waals surface area contributed by atoms with Crippen molar-refractivity contribution >= 4 is 10.9 Å². The van der Waals surface area contributed by atoms with E-state index in [1.807, 2.05) is 0 Å². The Morgan fingerprint density at radius 3 is 2.65 bits per heavy atom. The van der Waals surface area contributed by atoms with E-state index in [0.29, 0.717) is 6.54 Å². The predicted octanol–water partition coefficient (Wildman–Crippen LogP) is 3.35. The first-order valence-corrected chi connectivity index (χ1v) is 7.54. The molecule has 0 bridgehead atoms. The zero-order valence-corrected chi connectivity index (χ0v) is 12.5. The van der Waals surface area contributed by atoms with Gasteiger partial charge in [0.1, 0.15) is 5.75 Å². The van der Waals surface area contributed by atoms with E-state index in [1.165, 1.54) is 48.6 Å². The molecule has 0 amide bonds. The molecular weight excluding hydrogens is 248 g/mol. The van der Waals surface area contributed by atoms with Crippen molar-refractivity contribution in [3.05, 3.63) is 30.0 Å². The molecule has 0 saturated heterocycles. The van der Waals surface area contributed by atoms with Crippen LogP contribution in [0.4, 0.5) is 0 Å². The Morgan fingerprint density at radius 1 is 1.25 bits per heavy atom. The first-order valence-electron chi connectivity index (χ1n) is 7.54. The summed E-state index contributed by atoms with van der Waals surface area (Å²) in [4.78, 5) is 0. The number of fused-ring (bicyclic) bond motifs is 1. The molecule has 2 aromatic rings. The van der Waals surface area contributed by atoms with Gasteiger partial charge in [-0.2, -0.15) is 0 Å². The van der Waals surface area contributed by atoms with Crippen LogP contribution in [0.1, 0.15) is 37.7 Å². The fourth-order valence-electron chi connectivity index (χ4n) is 3.69. The summed E-state index contributed by atoms with van der Waals surface area (Å²) in [7, 11) is 3.86. The SMILES string of the molecule is COc1cc2ccn(C)c2cc1C1(CN)CCCCC1. The van der Waals surface area contributed by atoms with Crippen LogP contribution in [0.25, 0.3) is 10.9 Å². The van der Waals surface area contributed by atoms with Gasteiger partial charge in [-0.3, -0.25) is 0 Å². The van der Waals surface area contributed by atoms with Gasteiger partial charge in [0.2, 0.25) is 0 Å². The summed E-state index contributed by atoms with van der Waals surface area (Å²) >= 11 is 0. The highest BCUT2D eigenvalue weighted by Gasteiger charge is 2.35. The molecule has 3 nitrogen and oxygen atoms in total. The van der Waals surface area contributed by atoms with Crippen molar-refractivity contribution in [2.75, 3.05) is 13.7 Å². The number of rotatable bonds is 3. The quantitative estimate of drug-likeness (QED) is 0.931. The van der Waals surface area contributed by atoms with Crippen LogP contribution < -0.4 is 10.5 Å². The minimum atomic E-state index is 0.0993. The maximum Gasteiger partial charge on any atom is 0.123 e. The molecule has 1 heterocycles. The van der Waals surface area contributed by atoms with Gasteiger partial charge in [0, 0.05) is 41.7 Å². The van der Waals surface area contributed by atoms with Crippen LogP contribution in [0, 0.1) is 0 Å². The number of hydrogen-bond acceptors (Lipinski definition) is 2. The van der Waals surface area contributed by atoms with Gasteiger partial charge in [0.15, 0.2) is 0 Å². The number of nitrogens with two attached hydrogens (primary N) is 1. The van der Waals surface area contributed by atoms with Crippen LogP contribution in [0.3, 0.4) is 0 Å². The molecule has 108 valence electrons. The zero-order chi connectivity index (χ0) is 14.2. The highest BCUT2D eigenvalue weighted by molar-refractivity contribution is 5.83. The summed E-state index contributed by atoms with van der Waals surface area (Å²) in [5.74, 6) is 0.996. The monoisotopic (exact) mass is 272 g/mol. The minimum Gasteiger partial charge on any atom is -0.496 e. The fraction of sp³-hybridized carbons (Fsp3) is 0.529. The normalized spacial score (nSPS) is 18.4. The Kier molecular flexibility index (Phi) is 3.47. The van der Waals surface area contributed by atoms with Crippen LogP contribution >= 0.6 is 0 Å². The number of hydrogen-bond donors (Lipinski definition) is 1. The van der Waals surface area contributed by atoms with Gasteiger partial charge >= 0.3 is 0 Å². The predicted molar refractivity (Wildman–Crippen MR) is 83.3 cm³/mol. The number of ether oxygens (including phenoxy) is 1. The van der Waals surface area contributed by atoms with E-state index in [2.05, 4.69) is 36.0 Å². The fourth-order valence-corrected chi connectivity index (χ4v) is 3.69. The molecule has 1 saturated carbocycles. The Hall–Kier alpha value is -1.48. The summed E-state index contributed by atoms with van der Waals surface area (Å²) in [6.45, 7) is 0.708. The van der Waals surface area contributed by atoms with E-state index in [9.17, 15) is 0 Å². The second-order valence-corrected chi connectivity index (χ2v) is 6.08. The largest absolute Gasteiger partial charge is 0.496 e. The first kappa shape index (κ1) is 13.5. The van der Waals surface area contributed by atoms with Gasteiger partial charge in [-0.15, -0.1) is 0 Å². The smallest absolute Gasteiger partial charge is 0.123 e. The average molecular weight is 272 g/mol. The molecule has 20 heavy (non-hydrogen) atoms. The lowest BCUT2D eigenvalue weighted by atomic mass is 9.69. The molecule has 0 radical (unpaired) electrons. The van der Waals surface area contributed by atoms with Crippen molar-refractivity contribution < 1.29 is 4.74 Å². The van der Waals surface area contributed by atoms with Crippen LogP contribution in [0.2, 0.25) is 0 Å². The Labute approximate surface area is 120 Å². The van der Waals surface area contributed by atoms with Crippen molar-refractivity contribution in [2.24, 2.45) is 12.8 Å². The maximum atomic E-state index is 6.19. The molecule has 1 aliphatic rings.